The van der Waals surface area contributed by atoms with E-state index in [1.165, 1.54) is 12.1 Å². The maximum Gasteiger partial charge on any atom is 0.294 e. The highest BCUT2D eigenvalue weighted by atomic mass is 32.2. The van der Waals surface area contributed by atoms with Crippen LogP contribution in [0.15, 0.2) is 65.6 Å². The number of rotatable bonds is 4. The zero-order valence-corrected chi connectivity index (χ0v) is 14.7. The lowest BCUT2D eigenvalue weighted by Gasteiger charge is -2.13. The van der Waals surface area contributed by atoms with Crippen molar-refractivity contribution in [3.8, 4) is 17.2 Å². The smallest absolute Gasteiger partial charge is 0.294 e. The summed E-state index contributed by atoms with van der Waals surface area (Å²) in [5.74, 6) is 0.304. The molecule has 130 valence electrons. The Bertz CT molecular complexity index is 1100. The van der Waals surface area contributed by atoms with E-state index in [9.17, 15) is 13.0 Å². The molecule has 3 aromatic rings. The van der Waals surface area contributed by atoms with Gasteiger partial charge in [-0.2, -0.15) is 13.7 Å². The normalized spacial score (nSPS) is 11.0. The van der Waals surface area contributed by atoms with Crippen LogP contribution >= 0.6 is 0 Å². The Balaban J connectivity index is 2.02. The lowest BCUT2D eigenvalue weighted by atomic mass is 10.0. The molecule has 0 spiro atoms. The Morgan fingerprint density at radius 1 is 1.08 bits per heavy atom. The second-order valence-corrected chi connectivity index (χ2v) is 7.09. The molecule has 1 heterocycles. The fourth-order valence-corrected chi connectivity index (χ4v) is 3.14. The van der Waals surface area contributed by atoms with E-state index in [0.29, 0.717) is 17.1 Å². The first kappa shape index (κ1) is 17.6. The second-order valence-electron chi connectivity index (χ2n) is 5.66. The van der Waals surface area contributed by atoms with Gasteiger partial charge in [0.05, 0.1) is 16.5 Å². The predicted octanol–water partition coefficient (Wildman–Crippen LogP) is 3.92. The predicted molar refractivity (Wildman–Crippen MR) is 98.7 cm³/mol. The Morgan fingerprint density at radius 3 is 2.42 bits per heavy atom. The molecule has 26 heavy (non-hydrogen) atoms. The van der Waals surface area contributed by atoms with E-state index in [2.05, 4.69) is 16.4 Å². The van der Waals surface area contributed by atoms with Crippen LogP contribution in [0.5, 0.6) is 0 Å². The zero-order chi connectivity index (χ0) is 18.7. The highest BCUT2D eigenvalue weighted by Crippen LogP contribution is 2.30. The number of nitriles is 1. The molecule has 2 N–H and O–H groups in total. The van der Waals surface area contributed by atoms with E-state index in [4.69, 9.17) is 5.26 Å². The van der Waals surface area contributed by atoms with Gasteiger partial charge >= 0.3 is 0 Å². The lowest BCUT2D eigenvalue weighted by Crippen LogP contribution is -2.03. The van der Waals surface area contributed by atoms with Crippen LogP contribution in [0.2, 0.25) is 0 Å². The number of hydrogen-bond acceptors (Lipinski definition) is 5. The summed E-state index contributed by atoms with van der Waals surface area (Å²) in [5, 5.41) is 12.0. The Kier molecular flexibility index (Phi) is 4.71. The van der Waals surface area contributed by atoms with Crippen molar-refractivity contribution in [2.24, 2.45) is 0 Å². The molecule has 0 fully saturated rings. The van der Waals surface area contributed by atoms with Crippen LogP contribution in [-0.4, -0.2) is 18.0 Å². The summed E-state index contributed by atoms with van der Waals surface area (Å²) in [4.78, 5) is 4.06. The maximum atomic E-state index is 11.4. The molecule has 2 aromatic carbocycles. The minimum absolute atomic E-state index is 0.219. The van der Waals surface area contributed by atoms with Gasteiger partial charge in [0, 0.05) is 23.0 Å². The molecule has 0 aliphatic rings. The first-order chi connectivity index (χ1) is 12.4. The summed E-state index contributed by atoms with van der Waals surface area (Å²) in [7, 11) is -4.32. The number of nitrogens with one attached hydrogen (secondary N) is 1. The Hall–Kier alpha value is -3.21. The third-order valence-corrected chi connectivity index (χ3v) is 4.57. The molecule has 0 aliphatic heterocycles. The number of pyridine rings is 1. The fourth-order valence-electron chi connectivity index (χ4n) is 2.56. The van der Waals surface area contributed by atoms with Gasteiger partial charge in [0.15, 0.2) is 0 Å². The van der Waals surface area contributed by atoms with Crippen LogP contribution in [0.25, 0.3) is 11.1 Å². The highest BCUT2D eigenvalue weighted by molar-refractivity contribution is 7.85. The first-order valence-corrected chi connectivity index (χ1v) is 9.13. The standard InChI is InChI=1S/C19H15N3O3S/c1-13-10-16(26(23,24)25)11-19(21-13)22-18-5-3-2-4-17(18)15-8-6-14(12-20)7-9-15/h2-11H,1H3,(H,21,22)(H,23,24,25). The molecule has 1 aromatic heterocycles. The van der Waals surface area contributed by atoms with Gasteiger partial charge in [-0.25, -0.2) is 4.98 Å². The Labute approximate surface area is 151 Å². The second kappa shape index (κ2) is 6.96. The number of nitrogens with zero attached hydrogens (tertiary/aromatic N) is 2. The molecule has 0 amide bonds. The summed E-state index contributed by atoms with van der Waals surface area (Å²) in [6.45, 7) is 1.65. The molecule has 0 saturated heterocycles. The van der Waals surface area contributed by atoms with Gasteiger partial charge in [0.1, 0.15) is 5.82 Å². The van der Waals surface area contributed by atoms with Gasteiger partial charge in [-0.1, -0.05) is 30.3 Å². The van der Waals surface area contributed by atoms with Crippen molar-refractivity contribution in [3.63, 3.8) is 0 Å². The number of benzene rings is 2. The number of anilines is 2. The molecule has 0 saturated carbocycles. The van der Waals surface area contributed by atoms with Gasteiger partial charge in [0.2, 0.25) is 0 Å². The number of hydrogen-bond donors (Lipinski definition) is 2. The van der Waals surface area contributed by atoms with E-state index >= 15 is 0 Å². The van der Waals surface area contributed by atoms with Crippen molar-refractivity contribution >= 4 is 21.6 Å². The van der Waals surface area contributed by atoms with Crippen LogP contribution < -0.4 is 5.32 Å². The van der Waals surface area contributed by atoms with E-state index in [-0.39, 0.29) is 4.90 Å². The third kappa shape index (κ3) is 3.88. The van der Waals surface area contributed by atoms with Crippen LogP contribution in [-0.2, 0) is 10.1 Å². The van der Waals surface area contributed by atoms with Crippen LogP contribution in [0.3, 0.4) is 0 Å². The first-order valence-electron chi connectivity index (χ1n) is 7.69. The summed E-state index contributed by atoms with van der Waals surface area (Å²) < 4.78 is 32.1. The van der Waals surface area contributed by atoms with E-state index in [0.717, 1.165) is 16.8 Å². The monoisotopic (exact) mass is 365 g/mol. The summed E-state index contributed by atoms with van der Waals surface area (Å²) >= 11 is 0. The lowest BCUT2D eigenvalue weighted by molar-refractivity contribution is 0.483. The molecular formula is C19H15N3O3S. The quantitative estimate of drug-likeness (QED) is 0.679. The summed E-state index contributed by atoms with van der Waals surface area (Å²) in [6, 6.07) is 19.3. The largest absolute Gasteiger partial charge is 0.340 e. The topological polar surface area (TPSA) is 103 Å². The highest BCUT2D eigenvalue weighted by Gasteiger charge is 2.13. The summed E-state index contributed by atoms with van der Waals surface area (Å²) in [6.07, 6.45) is 0. The van der Waals surface area contributed by atoms with Crippen molar-refractivity contribution in [2.75, 3.05) is 5.32 Å². The molecule has 3 rings (SSSR count). The molecule has 0 atom stereocenters. The van der Waals surface area contributed by atoms with Gasteiger partial charge in [0.25, 0.3) is 10.1 Å². The third-order valence-electron chi connectivity index (χ3n) is 3.74. The summed E-state index contributed by atoms with van der Waals surface area (Å²) in [5.41, 5.74) is 3.51. The SMILES string of the molecule is Cc1cc(S(=O)(=O)O)cc(Nc2ccccc2-c2ccc(C#N)cc2)n1. The van der Waals surface area contributed by atoms with Crippen LogP contribution in [0.1, 0.15) is 11.3 Å². The van der Waals surface area contributed by atoms with E-state index in [1.54, 1.807) is 19.1 Å². The zero-order valence-electron chi connectivity index (χ0n) is 13.8. The van der Waals surface area contributed by atoms with Gasteiger partial charge in [-0.3, -0.25) is 4.55 Å². The number of aryl methyl sites for hydroxylation is 1. The Morgan fingerprint density at radius 2 is 1.77 bits per heavy atom. The molecule has 0 bridgehead atoms. The number of para-hydroxylation sites is 1. The average Bonchev–Trinajstić information content (AvgIpc) is 2.61. The van der Waals surface area contributed by atoms with Crippen molar-refractivity contribution in [3.05, 3.63) is 71.9 Å². The van der Waals surface area contributed by atoms with Gasteiger partial charge < -0.3 is 5.32 Å². The van der Waals surface area contributed by atoms with E-state index < -0.39 is 10.1 Å². The molecule has 0 aliphatic carbocycles. The molecule has 6 nitrogen and oxygen atoms in total. The molecular weight excluding hydrogens is 350 g/mol. The van der Waals surface area contributed by atoms with Crippen molar-refractivity contribution in [2.45, 2.75) is 11.8 Å². The van der Waals surface area contributed by atoms with Crippen LogP contribution in [0.4, 0.5) is 11.5 Å². The number of aromatic nitrogens is 1. The molecule has 7 heteroatoms. The fraction of sp³-hybridized carbons (Fsp3) is 0.0526. The van der Waals surface area contributed by atoms with Crippen molar-refractivity contribution in [1.82, 2.24) is 4.98 Å². The van der Waals surface area contributed by atoms with Crippen LogP contribution in [0, 0.1) is 18.3 Å². The van der Waals surface area contributed by atoms with Gasteiger partial charge in [-0.05, 0) is 36.8 Å². The maximum absolute atomic E-state index is 11.4. The van der Waals surface area contributed by atoms with Crippen molar-refractivity contribution < 1.29 is 13.0 Å². The average molecular weight is 365 g/mol. The molecule has 0 radical (unpaired) electrons. The molecule has 0 unspecified atom stereocenters. The minimum Gasteiger partial charge on any atom is -0.340 e. The van der Waals surface area contributed by atoms with Crippen molar-refractivity contribution in [1.29, 1.82) is 5.26 Å². The minimum atomic E-state index is -4.32. The van der Waals surface area contributed by atoms with E-state index in [1.807, 2.05) is 36.4 Å². The van der Waals surface area contributed by atoms with Gasteiger partial charge in [-0.15, -0.1) is 0 Å².